The molecule has 1 unspecified atom stereocenters. The van der Waals surface area contributed by atoms with Crippen LogP contribution in [0.15, 0.2) is 28.8 Å². The topological polar surface area (TPSA) is 124 Å². The number of hydrogen-bond donors (Lipinski definition) is 1. The quantitative estimate of drug-likeness (QED) is 0.678. The lowest BCUT2D eigenvalue weighted by atomic mass is 9.85. The summed E-state index contributed by atoms with van der Waals surface area (Å²) in [6, 6.07) is 7.81. The highest BCUT2D eigenvalue weighted by atomic mass is 16.5. The second kappa shape index (κ2) is 7.73. The van der Waals surface area contributed by atoms with Crippen molar-refractivity contribution in [1.29, 1.82) is 0 Å². The van der Waals surface area contributed by atoms with E-state index >= 15 is 0 Å². The van der Waals surface area contributed by atoms with Gasteiger partial charge in [0.05, 0.1) is 12.2 Å². The zero-order valence-corrected chi connectivity index (χ0v) is 17.5. The molecule has 0 bridgehead atoms. The first-order valence-corrected chi connectivity index (χ1v) is 10.3. The molecule has 1 aromatic carbocycles. The number of aromatic nitrogens is 6. The number of likely N-dealkylation sites (tertiary alicyclic amines) is 1. The van der Waals surface area contributed by atoms with Gasteiger partial charge in [-0.15, -0.1) is 0 Å². The Balaban J connectivity index is 1.19. The van der Waals surface area contributed by atoms with Gasteiger partial charge in [-0.05, 0) is 48.7 Å². The molecule has 31 heavy (non-hydrogen) atoms. The lowest BCUT2D eigenvalue weighted by molar-refractivity contribution is -0.0355. The third-order valence-corrected chi connectivity index (χ3v) is 6.12. The first kappa shape index (κ1) is 19.6. The van der Waals surface area contributed by atoms with E-state index in [1.807, 2.05) is 31.2 Å². The van der Waals surface area contributed by atoms with Crippen molar-refractivity contribution >= 4 is 12.0 Å². The van der Waals surface area contributed by atoms with Gasteiger partial charge in [0.2, 0.25) is 0 Å². The predicted octanol–water partition coefficient (Wildman–Crippen LogP) is 2.14. The van der Waals surface area contributed by atoms with Gasteiger partial charge in [-0.2, -0.15) is 4.98 Å². The summed E-state index contributed by atoms with van der Waals surface area (Å²) in [4.78, 5) is 18.9. The Labute approximate surface area is 178 Å². The van der Waals surface area contributed by atoms with Crippen LogP contribution < -0.4 is 5.32 Å². The summed E-state index contributed by atoms with van der Waals surface area (Å²) in [6.07, 6.45) is 2.34. The van der Waals surface area contributed by atoms with Crippen LogP contribution >= 0.6 is 0 Å². The fourth-order valence-electron chi connectivity index (χ4n) is 4.20. The fourth-order valence-corrected chi connectivity index (χ4v) is 4.20. The minimum Gasteiger partial charge on any atom is -0.374 e. The van der Waals surface area contributed by atoms with Crippen LogP contribution in [0.1, 0.15) is 36.6 Å². The van der Waals surface area contributed by atoms with Crippen LogP contribution in [0.25, 0.3) is 11.5 Å². The Hall–Kier alpha value is -3.34. The number of carbonyl (C=O) groups is 1. The summed E-state index contributed by atoms with van der Waals surface area (Å²) in [7, 11) is 1.68. The third-order valence-electron chi connectivity index (χ3n) is 6.12. The SMILES string of the molecule is Cc1ccc(-c2nc(C3COC4(CCN(C(=O)Nc5nnnn5C)CC4)C3)no2)cc1. The zero-order chi connectivity index (χ0) is 21.4. The van der Waals surface area contributed by atoms with E-state index in [0.29, 0.717) is 37.4 Å². The van der Waals surface area contributed by atoms with Crippen LogP contribution in [0.3, 0.4) is 0 Å². The molecule has 1 atom stereocenters. The second-order valence-electron chi connectivity index (χ2n) is 8.26. The van der Waals surface area contributed by atoms with E-state index in [1.165, 1.54) is 10.2 Å². The van der Waals surface area contributed by atoms with E-state index < -0.39 is 0 Å². The van der Waals surface area contributed by atoms with Gasteiger partial charge < -0.3 is 14.2 Å². The van der Waals surface area contributed by atoms with Gasteiger partial charge in [0.15, 0.2) is 5.82 Å². The van der Waals surface area contributed by atoms with E-state index in [9.17, 15) is 4.79 Å². The van der Waals surface area contributed by atoms with Crippen molar-refractivity contribution in [2.24, 2.45) is 7.05 Å². The monoisotopic (exact) mass is 424 g/mol. The van der Waals surface area contributed by atoms with Crippen molar-refractivity contribution in [1.82, 2.24) is 35.2 Å². The van der Waals surface area contributed by atoms with Crippen LogP contribution in [0, 0.1) is 6.92 Å². The maximum Gasteiger partial charge on any atom is 0.324 e. The molecule has 11 heteroatoms. The lowest BCUT2D eigenvalue weighted by Crippen LogP contribution is -2.48. The van der Waals surface area contributed by atoms with Crippen LogP contribution in [-0.4, -0.2) is 66.6 Å². The summed E-state index contributed by atoms with van der Waals surface area (Å²) in [5, 5.41) is 18.0. The molecular formula is C20H24N8O3. The molecule has 2 aliphatic heterocycles. The maximum absolute atomic E-state index is 12.5. The van der Waals surface area contributed by atoms with Gasteiger partial charge >= 0.3 is 6.03 Å². The second-order valence-corrected chi connectivity index (χ2v) is 8.26. The molecule has 162 valence electrons. The van der Waals surface area contributed by atoms with E-state index in [-0.39, 0.29) is 17.6 Å². The first-order valence-electron chi connectivity index (χ1n) is 10.3. The molecule has 2 aromatic heterocycles. The molecular weight excluding hydrogens is 400 g/mol. The number of carbonyl (C=O) groups excluding carboxylic acids is 1. The molecule has 11 nitrogen and oxygen atoms in total. The molecule has 0 aliphatic carbocycles. The number of nitrogens with zero attached hydrogens (tertiary/aromatic N) is 7. The molecule has 2 aliphatic rings. The molecule has 2 saturated heterocycles. The molecule has 4 heterocycles. The van der Waals surface area contributed by atoms with Crippen molar-refractivity contribution in [2.45, 2.75) is 37.7 Å². The number of rotatable bonds is 3. The average Bonchev–Trinajstić information content (AvgIpc) is 3.51. The molecule has 1 N–H and O–H groups in total. The van der Waals surface area contributed by atoms with Crippen molar-refractivity contribution in [3.63, 3.8) is 0 Å². The molecule has 0 saturated carbocycles. The Morgan fingerprint density at radius 3 is 2.71 bits per heavy atom. The standard InChI is InChI=1S/C20H24N8O3/c1-13-3-5-14(6-4-13)17-21-16(24-31-17)15-11-20(30-12-15)7-9-28(10-8-20)19(29)22-18-23-25-26-27(18)2/h3-6,15H,7-12H2,1-2H3,(H,22,23,26,29). The predicted molar refractivity (Wildman–Crippen MR) is 109 cm³/mol. The third kappa shape index (κ3) is 3.88. The molecule has 5 rings (SSSR count). The molecule has 1 spiro atoms. The van der Waals surface area contributed by atoms with Crippen LogP contribution in [0.5, 0.6) is 0 Å². The first-order chi connectivity index (χ1) is 15.0. The zero-order valence-electron chi connectivity index (χ0n) is 17.5. The summed E-state index contributed by atoms with van der Waals surface area (Å²) < 4.78 is 13.1. The minimum atomic E-state index is -0.252. The number of amides is 2. The van der Waals surface area contributed by atoms with Gasteiger partial charge in [-0.1, -0.05) is 28.0 Å². The number of anilines is 1. The summed E-state index contributed by atoms with van der Waals surface area (Å²) in [5.41, 5.74) is 1.84. The van der Waals surface area contributed by atoms with Crippen LogP contribution in [-0.2, 0) is 11.8 Å². The number of piperidine rings is 1. The Bertz CT molecular complexity index is 1070. The van der Waals surface area contributed by atoms with E-state index in [0.717, 1.165) is 24.8 Å². The van der Waals surface area contributed by atoms with Crippen molar-refractivity contribution in [2.75, 3.05) is 25.0 Å². The Kier molecular flexibility index (Phi) is 4.89. The Morgan fingerprint density at radius 1 is 1.23 bits per heavy atom. The maximum atomic E-state index is 12.5. The largest absolute Gasteiger partial charge is 0.374 e. The highest BCUT2D eigenvalue weighted by Crippen LogP contribution is 2.42. The van der Waals surface area contributed by atoms with Crippen LogP contribution in [0.4, 0.5) is 10.7 Å². The number of urea groups is 1. The Morgan fingerprint density at radius 2 is 2.00 bits per heavy atom. The lowest BCUT2D eigenvalue weighted by Gasteiger charge is -2.38. The number of nitrogens with one attached hydrogen (secondary N) is 1. The summed E-state index contributed by atoms with van der Waals surface area (Å²) >= 11 is 0. The average molecular weight is 424 g/mol. The van der Waals surface area contributed by atoms with Gasteiger partial charge in [0, 0.05) is 31.6 Å². The highest BCUT2D eigenvalue weighted by molar-refractivity contribution is 5.87. The van der Waals surface area contributed by atoms with Gasteiger partial charge in [-0.3, -0.25) is 5.32 Å². The van der Waals surface area contributed by atoms with Crippen molar-refractivity contribution < 1.29 is 14.1 Å². The fraction of sp³-hybridized carbons (Fsp3) is 0.500. The highest BCUT2D eigenvalue weighted by Gasteiger charge is 2.45. The summed E-state index contributed by atoms with van der Waals surface area (Å²) in [6.45, 7) is 3.80. The molecule has 2 fully saturated rings. The molecule has 2 amide bonds. The number of ether oxygens (including phenoxy) is 1. The van der Waals surface area contributed by atoms with E-state index in [4.69, 9.17) is 9.26 Å². The van der Waals surface area contributed by atoms with E-state index in [2.05, 4.69) is 31.0 Å². The smallest absolute Gasteiger partial charge is 0.324 e. The number of hydrogen-bond acceptors (Lipinski definition) is 8. The molecule has 3 aromatic rings. The van der Waals surface area contributed by atoms with Crippen LogP contribution in [0.2, 0.25) is 0 Å². The number of tetrazole rings is 1. The van der Waals surface area contributed by atoms with Crippen molar-refractivity contribution in [3.8, 4) is 11.5 Å². The summed E-state index contributed by atoms with van der Waals surface area (Å²) in [5.74, 6) is 1.63. The molecule has 0 radical (unpaired) electrons. The van der Waals surface area contributed by atoms with Crippen molar-refractivity contribution in [3.05, 3.63) is 35.7 Å². The number of benzene rings is 1. The van der Waals surface area contributed by atoms with Gasteiger partial charge in [-0.25, -0.2) is 9.48 Å². The van der Waals surface area contributed by atoms with Gasteiger partial charge in [0.25, 0.3) is 11.8 Å². The number of aryl methyl sites for hydroxylation is 2. The normalized spacial score (nSPS) is 20.3. The minimum absolute atomic E-state index is 0.0908. The van der Waals surface area contributed by atoms with E-state index in [1.54, 1.807) is 11.9 Å². The van der Waals surface area contributed by atoms with Gasteiger partial charge in [0.1, 0.15) is 0 Å².